The molecule has 2 rings (SSSR count). The first kappa shape index (κ1) is 11.3. The maximum absolute atomic E-state index is 9.14. The van der Waals surface area contributed by atoms with Gasteiger partial charge in [-0.3, -0.25) is 0 Å². The zero-order chi connectivity index (χ0) is 11.5. The maximum atomic E-state index is 9.14. The average molecular weight is 233 g/mol. The monoisotopic (exact) mass is 233 g/mol. The lowest BCUT2D eigenvalue weighted by atomic mass is 10.1. The third kappa shape index (κ3) is 2.15. The second-order valence-electron chi connectivity index (χ2n) is 3.72. The molecule has 0 spiro atoms. The first-order valence-electron chi connectivity index (χ1n) is 5.18. The number of aromatic amines is 1. The fourth-order valence-corrected chi connectivity index (χ4v) is 2.10. The van der Waals surface area contributed by atoms with Crippen LogP contribution in [0.25, 0.3) is 11.3 Å². The summed E-state index contributed by atoms with van der Waals surface area (Å²) in [4.78, 5) is 4.54. The molecule has 1 heterocycles. The van der Waals surface area contributed by atoms with Gasteiger partial charge in [0.2, 0.25) is 0 Å². The van der Waals surface area contributed by atoms with E-state index in [-0.39, 0.29) is 6.61 Å². The van der Waals surface area contributed by atoms with Gasteiger partial charge in [0.15, 0.2) is 0 Å². The van der Waals surface area contributed by atoms with Crippen molar-refractivity contribution in [2.24, 2.45) is 0 Å². The number of aryl methyl sites for hydroxylation is 1. The lowest BCUT2D eigenvalue weighted by Gasteiger charge is -1.99. The molecule has 2 N–H and O–H groups in total. The summed E-state index contributed by atoms with van der Waals surface area (Å²) in [6.07, 6.45) is 2.07. The second-order valence-corrected chi connectivity index (χ2v) is 4.60. The summed E-state index contributed by atoms with van der Waals surface area (Å²) in [5.41, 5.74) is 4.21. The third-order valence-corrected chi connectivity index (χ3v) is 3.44. The fraction of sp³-hybridized carbons (Fsp3) is 0.231. The summed E-state index contributed by atoms with van der Waals surface area (Å²) >= 11 is 1.74. The summed E-state index contributed by atoms with van der Waals surface area (Å²) in [7, 11) is 0. The quantitative estimate of drug-likeness (QED) is 0.799. The number of hydrogen-bond acceptors (Lipinski definition) is 2. The van der Waals surface area contributed by atoms with E-state index in [2.05, 4.69) is 35.5 Å². The lowest BCUT2D eigenvalue weighted by molar-refractivity contribution is 0.281. The molecule has 1 aromatic carbocycles. The Morgan fingerprint density at radius 2 is 1.94 bits per heavy atom. The smallest absolute Gasteiger partial charge is 0.0699 e. The van der Waals surface area contributed by atoms with Gasteiger partial charge in [-0.1, -0.05) is 12.1 Å². The zero-order valence-corrected chi connectivity index (χ0v) is 10.3. The lowest BCUT2D eigenvalue weighted by Crippen LogP contribution is -1.81. The number of nitrogens with one attached hydrogen (secondary N) is 1. The highest BCUT2D eigenvalue weighted by Gasteiger charge is 2.05. The van der Waals surface area contributed by atoms with E-state index in [1.165, 1.54) is 4.90 Å². The molecule has 0 atom stereocenters. The van der Waals surface area contributed by atoms with Crippen molar-refractivity contribution < 1.29 is 5.11 Å². The minimum atomic E-state index is 0.0885. The van der Waals surface area contributed by atoms with E-state index in [0.29, 0.717) is 0 Å². The number of aliphatic hydroxyl groups excluding tert-OH is 1. The first-order valence-corrected chi connectivity index (χ1v) is 6.41. The molecule has 0 saturated heterocycles. The Bertz CT molecular complexity index is 473. The van der Waals surface area contributed by atoms with E-state index in [1.807, 2.05) is 13.0 Å². The molecule has 0 bridgehead atoms. The van der Waals surface area contributed by atoms with Crippen molar-refractivity contribution in [1.82, 2.24) is 4.98 Å². The summed E-state index contributed by atoms with van der Waals surface area (Å²) in [6, 6.07) is 10.4. The Balaban J connectivity index is 2.34. The summed E-state index contributed by atoms with van der Waals surface area (Å²) in [5, 5.41) is 9.14. The maximum Gasteiger partial charge on any atom is 0.0699 e. The van der Waals surface area contributed by atoms with Gasteiger partial charge in [0, 0.05) is 16.3 Å². The van der Waals surface area contributed by atoms with Gasteiger partial charge in [-0.15, -0.1) is 11.8 Å². The van der Waals surface area contributed by atoms with Crippen molar-refractivity contribution >= 4 is 11.8 Å². The van der Waals surface area contributed by atoms with E-state index in [0.717, 1.165) is 22.5 Å². The van der Waals surface area contributed by atoms with Gasteiger partial charge in [-0.05, 0) is 42.5 Å². The number of benzene rings is 1. The Hall–Kier alpha value is -1.19. The summed E-state index contributed by atoms with van der Waals surface area (Å²) in [5.74, 6) is 0. The molecule has 0 radical (unpaired) electrons. The van der Waals surface area contributed by atoms with Crippen molar-refractivity contribution in [2.45, 2.75) is 18.4 Å². The van der Waals surface area contributed by atoms with Crippen LogP contribution in [0, 0.1) is 6.92 Å². The Kier molecular flexibility index (Phi) is 3.36. The number of aliphatic hydroxyl groups is 1. The molecule has 0 aliphatic heterocycles. The van der Waals surface area contributed by atoms with Crippen molar-refractivity contribution in [3.63, 3.8) is 0 Å². The molecule has 3 heteroatoms. The van der Waals surface area contributed by atoms with Gasteiger partial charge in [0.25, 0.3) is 0 Å². The van der Waals surface area contributed by atoms with Crippen LogP contribution in [0.3, 0.4) is 0 Å². The Morgan fingerprint density at radius 3 is 2.44 bits per heavy atom. The molecule has 0 aliphatic rings. The van der Waals surface area contributed by atoms with Gasteiger partial charge in [-0.25, -0.2) is 0 Å². The molecule has 0 amide bonds. The van der Waals surface area contributed by atoms with Crippen LogP contribution in [-0.2, 0) is 6.61 Å². The van der Waals surface area contributed by atoms with Gasteiger partial charge < -0.3 is 10.1 Å². The van der Waals surface area contributed by atoms with Crippen LogP contribution in [0.15, 0.2) is 35.2 Å². The van der Waals surface area contributed by atoms with Gasteiger partial charge in [0.1, 0.15) is 0 Å². The molecule has 2 aromatic rings. The highest BCUT2D eigenvalue weighted by molar-refractivity contribution is 7.98. The number of H-pyrrole nitrogens is 1. The highest BCUT2D eigenvalue weighted by Crippen LogP contribution is 2.24. The normalized spacial score (nSPS) is 10.7. The molecule has 0 saturated carbocycles. The summed E-state index contributed by atoms with van der Waals surface area (Å²) < 4.78 is 0. The Morgan fingerprint density at radius 1 is 1.25 bits per heavy atom. The van der Waals surface area contributed by atoms with Crippen LogP contribution >= 0.6 is 11.8 Å². The number of hydrogen-bond donors (Lipinski definition) is 2. The molecule has 0 fully saturated rings. The standard InChI is InChI=1S/C13H15NOS/c1-9-11(8-15)7-13(14-9)10-3-5-12(16-2)6-4-10/h3-7,14-15H,8H2,1-2H3. The van der Waals surface area contributed by atoms with E-state index in [4.69, 9.17) is 5.11 Å². The van der Waals surface area contributed by atoms with Crippen molar-refractivity contribution in [3.05, 3.63) is 41.6 Å². The van der Waals surface area contributed by atoms with Gasteiger partial charge >= 0.3 is 0 Å². The predicted molar refractivity (Wildman–Crippen MR) is 68.7 cm³/mol. The second kappa shape index (κ2) is 4.76. The zero-order valence-electron chi connectivity index (χ0n) is 9.45. The third-order valence-electron chi connectivity index (χ3n) is 2.69. The average Bonchev–Trinajstić information content (AvgIpc) is 2.71. The van der Waals surface area contributed by atoms with Crippen LogP contribution in [0.5, 0.6) is 0 Å². The van der Waals surface area contributed by atoms with Crippen LogP contribution < -0.4 is 0 Å². The van der Waals surface area contributed by atoms with E-state index < -0.39 is 0 Å². The van der Waals surface area contributed by atoms with Crippen molar-refractivity contribution in [3.8, 4) is 11.3 Å². The molecule has 16 heavy (non-hydrogen) atoms. The van der Waals surface area contributed by atoms with E-state index in [9.17, 15) is 0 Å². The SMILES string of the molecule is CSc1ccc(-c2cc(CO)c(C)[nH]2)cc1. The molecule has 0 unspecified atom stereocenters. The molecule has 84 valence electrons. The Labute approximate surface area is 99.7 Å². The number of aromatic nitrogens is 1. The highest BCUT2D eigenvalue weighted by atomic mass is 32.2. The van der Waals surface area contributed by atoms with Crippen LogP contribution in [0.1, 0.15) is 11.3 Å². The molecular weight excluding hydrogens is 218 g/mol. The predicted octanol–water partition coefficient (Wildman–Crippen LogP) is 3.20. The van der Waals surface area contributed by atoms with Crippen LogP contribution in [0.2, 0.25) is 0 Å². The fourth-order valence-electron chi connectivity index (χ4n) is 1.69. The van der Waals surface area contributed by atoms with Crippen LogP contribution in [0.4, 0.5) is 0 Å². The molecule has 2 nitrogen and oxygen atoms in total. The van der Waals surface area contributed by atoms with Crippen molar-refractivity contribution in [1.29, 1.82) is 0 Å². The molecule has 1 aromatic heterocycles. The molecule has 0 aliphatic carbocycles. The summed E-state index contributed by atoms with van der Waals surface area (Å²) in [6.45, 7) is 2.07. The van der Waals surface area contributed by atoms with Gasteiger partial charge in [0.05, 0.1) is 6.61 Å². The minimum absolute atomic E-state index is 0.0885. The van der Waals surface area contributed by atoms with E-state index >= 15 is 0 Å². The minimum Gasteiger partial charge on any atom is -0.392 e. The van der Waals surface area contributed by atoms with E-state index in [1.54, 1.807) is 11.8 Å². The number of rotatable bonds is 3. The largest absolute Gasteiger partial charge is 0.392 e. The number of thioether (sulfide) groups is 1. The molecular formula is C13H15NOS. The van der Waals surface area contributed by atoms with Crippen LogP contribution in [-0.4, -0.2) is 16.3 Å². The topological polar surface area (TPSA) is 36.0 Å². The first-order chi connectivity index (χ1) is 7.74. The van der Waals surface area contributed by atoms with Gasteiger partial charge in [-0.2, -0.15) is 0 Å². The van der Waals surface area contributed by atoms with Crippen molar-refractivity contribution in [2.75, 3.05) is 6.26 Å².